The quantitative estimate of drug-likeness (QED) is 0.716. The van der Waals surface area contributed by atoms with Crippen molar-refractivity contribution in [1.82, 2.24) is 9.97 Å². The third kappa shape index (κ3) is 6.31. The second-order valence-electron chi connectivity index (χ2n) is 4.98. The van der Waals surface area contributed by atoms with Crippen molar-refractivity contribution >= 4 is 0 Å². The summed E-state index contributed by atoms with van der Waals surface area (Å²) in [7, 11) is 0. The largest absolute Gasteiger partial charge is 0.262 e. The van der Waals surface area contributed by atoms with Gasteiger partial charge in [0.2, 0.25) is 0 Å². The predicted molar refractivity (Wildman–Crippen MR) is 93.2 cm³/mol. The minimum Gasteiger partial charge on any atom is -0.262 e. The second-order valence-corrected chi connectivity index (χ2v) is 4.98. The summed E-state index contributed by atoms with van der Waals surface area (Å²) < 4.78 is 0. The molecule has 0 saturated carbocycles. The topological polar surface area (TPSA) is 25.8 Å². The third-order valence-corrected chi connectivity index (χ3v) is 3.36. The van der Waals surface area contributed by atoms with Crippen molar-refractivity contribution in [3.8, 4) is 0 Å². The zero-order valence-corrected chi connectivity index (χ0v) is 12.8. The van der Waals surface area contributed by atoms with Gasteiger partial charge in [-0.25, -0.2) is 0 Å². The van der Waals surface area contributed by atoms with Gasteiger partial charge in [-0.1, -0.05) is 60.8 Å². The van der Waals surface area contributed by atoms with Crippen LogP contribution in [-0.4, -0.2) is 9.97 Å². The Morgan fingerprint density at radius 2 is 1.00 bits per heavy atom. The van der Waals surface area contributed by atoms with Gasteiger partial charge in [-0.2, -0.15) is 0 Å². The van der Waals surface area contributed by atoms with E-state index < -0.39 is 0 Å². The molecule has 112 valence electrons. The first-order valence-corrected chi connectivity index (χ1v) is 7.72. The van der Waals surface area contributed by atoms with E-state index in [4.69, 9.17) is 0 Å². The van der Waals surface area contributed by atoms with Crippen molar-refractivity contribution in [3.05, 3.63) is 96.7 Å². The van der Waals surface area contributed by atoms with Gasteiger partial charge >= 0.3 is 0 Å². The Labute approximate surface area is 133 Å². The van der Waals surface area contributed by atoms with Crippen molar-refractivity contribution in [1.29, 1.82) is 0 Å². The fourth-order valence-corrected chi connectivity index (χ4v) is 2.25. The molecule has 0 fully saturated rings. The SMILES string of the molecule is C1=CC=C(C2=CC=CC=CCC2)CCC=C1.c1cnccn1. The molecule has 0 aromatic carbocycles. The third-order valence-electron chi connectivity index (χ3n) is 3.36. The van der Waals surface area contributed by atoms with Crippen LogP contribution in [0.3, 0.4) is 0 Å². The lowest BCUT2D eigenvalue weighted by atomic mass is 9.94. The molecule has 0 radical (unpaired) electrons. The molecule has 0 amide bonds. The normalized spacial score (nSPS) is 17.1. The maximum atomic E-state index is 3.72. The fourth-order valence-electron chi connectivity index (χ4n) is 2.25. The predicted octanol–water partition coefficient (Wildman–Crippen LogP) is 5.13. The Morgan fingerprint density at radius 3 is 1.41 bits per heavy atom. The molecule has 0 saturated heterocycles. The van der Waals surface area contributed by atoms with E-state index in [0.717, 1.165) is 25.7 Å². The van der Waals surface area contributed by atoms with Crippen LogP contribution >= 0.6 is 0 Å². The molecule has 0 bridgehead atoms. The summed E-state index contributed by atoms with van der Waals surface area (Å²) in [6, 6.07) is 0. The molecule has 1 heterocycles. The molecule has 2 heteroatoms. The molecular formula is C20H22N2. The van der Waals surface area contributed by atoms with Crippen molar-refractivity contribution < 1.29 is 0 Å². The number of nitrogens with zero attached hydrogens (tertiary/aromatic N) is 2. The molecule has 2 aliphatic rings. The molecule has 2 nitrogen and oxygen atoms in total. The molecule has 1 aromatic rings. The first-order chi connectivity index (χ1) is 11.0. The first-order valence-electron chi connectivity index (χ1n) is 7.72. The van der Waals surface area contributed by atoms with Crippen molar-refractivity contribution in [2.75, 3.05) is 0 Å². The van der Waals surface area contributed by atoms with Crippen LogP contribution < -0.4 is 0 Å². The summed E-state index contributed by atoms with van der Waals surface area (Å²) in [4.78, 5) is 7.44. The molecule has 0 atom stereocenters. The smallest absolute Gasteiger partial charge is 0.0451 e. The Kier molecular flexibility index (Phi) is 7.43. The molecule has 1 aromatic heterocycles. The number of allylic oxidation sites excluding steroid dienone is 12. The summed E-state index contributed by atoms with van der Waals surface area (Å²) in [5.74, 6) is 0. The van der Waals surface area contributed by atoms with Gasteiger partial charge in [0, 0.05) is 24.8 Å². The molecule has 22 heavy (non-hydrogen) atoms. The van der Waals surface area contributed by atoms with Crippen LogP contribution in [0.1, 0.15) is 25.7 Å². The average molecular weight is 290 g/mol. The molecule has 2 aliphatic carbocycles. The van der Waals surface area contributed by atoms with E-state index in [0.29, 0.717) is 0 Å². The van der Waals surface area contributed by atoms with Crippen molar-refractivity contribution in [3.63, 3.8) is 0 Å². The molecule has 0 unspecified atom stereocenters. The van der Waals surface area contributed by atoms with Crippen LogP contribution in [0, 0.1) is 0 Å². The number of aromatic nitrogens is 2. The van der Waals surface area contributed by atoms with Gasteiger partial charge in [0.25, 0.3) is 0 Å². The number of rotatable bonds is 1. The van der Waals surface area contributed by atoms with Crippen LogP contribution in [0.4, 0.5) is 0 Å². The summed E-state index contributed by atoms with van der Waals surface area (Å²) in [5.41, 5.74) is 2.97. The van der Waals surface area contributed by atoms with Crippen LogP contribution in [0.15, 0.2) is 96.7 Å². The lowest BCUT2D eigenvalue weighted by molar-refractivity contribution is 0.913. The lowest BCUT2D eigenvalue weighted by Gasteiger charge is -2.11. The highest BCUT2D eigenvalue weighted by Crippen LogP contribution is 2.23. The van der Waals surface area contributed by atoms with Crippen molar-refractivity contribution in [2.24, 2.45) is 0 Å². The molecular weight excluding hydrogens is 268 g/mol. The van der Waals surface area contributed by atoms with Gasteiger partial charge in [0.15, 0.2) is 0 Å². The van der Waals surface area contributed by atoms with E-state index in [1.54, 1.807) is 24.8 Å². The maximum Gasteiger partial charge on any atom is 0.0451 e. The second kappa shape index (κ2) is 10.3. The maximum absolute atomic E-state index is 3.72. The van der Waals surface area contributed by atoms with Crippen LogP contribution in [0.5, 0.6) is 0 Å². The number of hydrogen-bond acceptors (Lipinski definition) is 2. The van der Waals surface area contributed by atoms with E-state index in [1.807, 2.05) is 0 Å². The van der Waals surface area contributed by atoms with E-state index in [-0.39, 0.29) is 0 Å². The highest BCUT2D eigenvalue weighted by Gasteiger charge is 2.04. The summed E-state index contributed by atoms with van der Waals surface area (Å²) in [6.45, 7) is 0. The van der Waals surface area contributed by atoms with Gasteiger partial charge in [-0.3, -0.25) is 9.97 Å². The van der Waals surface area contributed by atoms with E-state index in [1.165, 1.54) is 11.1 Å². The summed E-state index contributed by atoms with van der Waals surface area (Å²) >= 11 is 0. The lowest BCUT2D eigenvalue weighted by Crippen LogP contribution is -1.92. The summed E-state index contributed by atoms with van der Waals surface area (Å²) in [5, 5.41) is 0. The summed E-state index contributed by atoms with van der Waals surface area (Å²) in [6.07, 6.45) is 32.9. The molecule has 0 spiro atoms. The Morgan fingerprint density at radius 1 is 0.545 bits per heavy atom. The zero-order chi connectivity index (χ0) is 15.3. The standard InChI is InChI=1S/C16H18.C4H4N2/c1-3-7-11-15(12-8-4-1)16-13-9-5-2-6-10-14-16;1-2-6-4-3-5-1/h1-7,9,11,13H,8,10,12,14H2;1-4H. The molecule has 0 N–H and O–H groups in total. The number of hydrogen-bond donors (Lipinski definition) is 0. The first kappa shape index (κ1) is 15.9. The van der Waals surface area contributed by atoms with Crippen molar-refractivity contribution in [2.45, 2.75) is 25.7 Å². The van der Waals surface area contributed by atoms with Gasteiger partial charge in [0.05, 0.1) is 0 Å². The van der Waals surface area contributed by atoms with Gasteiger partial charge in [-0.05, 0) is 36.8 Å². The van der Waals surface area contributed by atoms with Crippen LogP contribution in [0.2, 0.25) is 0 Å². The molecule has 3 rings (SSSR count). The Balaban J connectivity index is 0.000000246. The Hall–Kier alpha value is -2.48. The monoisotopic (exact) mass is 290 g/mol. The van der Waals surface area contributed by atoms with Gasteiger partial charge < -0.3 is 0 Å². The Bertz CT molecular complexity index is 535. The van der Waals surface area contributed by atoms with Crippen LogP contribution in [0.25, 0.3) is 0 Å². The highest BCUT2D eigenvalue weighted by molar-refractivity contribution is 5.38. The fraction of sp³-hybridized carbons (Fsp3) is 0.200. The van der Waals surface area contributed by atoms with E-state index in [2.05, 4.69) is 70.7 Å². The minimum absolute atomic E-state index is 1.15. The van der Waals surface area contributed by atoms with Gasteiger partial charge in [-0.15, -0.1) is 0 Å². The zero-order valence-electron chi connectivity index (χ0n) is 12.8. The van der Waals surface area contributed by atoms with E-state index >= 15 is 0 Å². The van der Waals surface area contributed by atoms with Gasteiger partial charge in [0.1, 0.15) is 0 Å². The minimum atomic E-state index is 1.15. The highest BCUT2D eigenvalue weighted by atomic mass is 14.7. The molecule has 0 aliphatic heterocycles. The average Bonchev–Trinajstić information content (AvgIpc) is 2.50. The van der Waals surface area contributed by atoms with Crippen LogP contribution in [-0.2, 0) is 0 Å². The van der Waals surface area contributed by atoms with E-state index in [9.17, 15) is 0 Å².